The van der Waals surface area contributed by atoms with Gasteiger partial charge in [0.05, 0.1) is 49.4 Å². The first-order valence-electron chi connectivity index (χ1n) is 13.7. The Bertz CT molecular complexity index is 1470. The monoisotopic (exact) mass is 538 g/mol. The van der Waals surface area contributed by atoms with Crippen LogP contribution in [-0.4, -0.2) is 50.1 Å². The van der Waals surface area contributed by atoms with E-state index in [1.807, 2.05) is 42.5 Å². The van der Waals surface area contributed by atoms with Crippen molar-refractivity contribution in [3.63, 3.8) is 0 Å². The van der Waals surface area contributed by atoms with Gasteiger partial charge < -0.3 is 30.1 Å². The highest BCUT2D eigenvalue weighted by atomic mass is 16.5. The van der Waals surface area contributed by atoms with Crippen LogP contribution in [0.25, 0.3) is 0 Å². The maximum absolute atomic E-state index is 13.8. The Hall–Kier alpha value is -4.30. The molecule has 1 saturated carbocycles. The van der Waals surface area contributed by atoms with E-state index in [2.05, 4.69) is 17.0 Å². The number of methoxy groups -OCH3 is 1. The summed E-state index contributed by atoms with van der Waals surface area (Å²) < 4.78 is 10.8. The summed E-state index contributed by atoms with van der Waals surface area (Å²) in [6.07, 6.45) is 5.70. The number of phenolic OH excluding ortho intramolecular Hbond substituents is 1. The molecule has 1 amide bonds. The normalized spacial score (nSPS) is 18.3. The van der Waals surface area contributed by atoms with Gasteiger partial charge in [-0.25, -0.2) is 4.99 Å². The van der Waals surface area contributed by atoms with Gasteiger partial charge in [-0.2, -0.15) is 0 Å². The van der Waals surface area contributed by atoms with Crippen molar-refractivity contribution in [2.45, 2.75) is 31.2 Å². The van der Waals surface area contributed by atoms with Crippen LogP contribution in [0, 0.1) is 0 Å². The Morgan fingerprint density at radius 1 is 1.12 bits per heavy atom. The molecule has 8 heteroatoms. The second-order valence-electron chi connectivity index (χ2n) is 10.5. The van der Waals surface area contributed by atoms with E-state index in [-0.39, 0.29) is 11.7 Å². The summed E-state index contributed by atoms with van der Waals surface area (Å²) in [5, 5.41) is 11.4. The average Bonchev–Trinajstić information content (AvgIpc) is 3.22. The van der Waals surface area contributed by atoms with Gasteiger partial charge in [-0.1, -0.05) is 24.6 Å². The Kier molecular flexibility index (Phi) is 6.94. The van der Waals surface area contributed by atoms with Crippen molar-refractivity contribution in [3.05, 3.63) is 89.6 Å². The van der Waals surface area contributed by atoms with Crippen molar-refractivity contribution in [3.8, 4) is 11.5 Å². The zero-order valence-electron chi connectivity index (χ0n) is 22.7. The van der Waals surface area contributed by atoms with Crippen LogP contribution in [0.5, 0.6) is 11.5 Å². The van der Waals surface area contributed by atoms with E-state index in [4.69, 9.17) is 20.2 Å². The maximum Gasteiger partial charge on any atom is 0.238 e. The van der Waals surface area contributed by atoms with Crippen LogP contribution in [0.3, 0.4) is 0 Å². The van der Waals surface area contributed by atoms with Gasteiger partial charge in [0.1, 0.15) is 11.5 Å². The first-order valence-corrected chi connectivity index (χ1v) is 13.7. The fourth-order valence-electron chi connectivity index (χ4n) is 5.98. The third-order valence-corrected chi connectivity index (χ3v) is 8.24. The molecule has 40 heavy (non-hydrogen) atoms. The molecule has 8 nitrogen and oxygen atoms in total. The number of phenols is 1. The highest BCUT2D eigenvalue weighted by molar-refractivity contribution is 6.14. The second-order valence-corrected chi connectivity index (χ2v) is 10.5. The van der Waals surface area contributed by atoms with Crippen LogP contribution in [-0.2, 0) is 21.5 Å². The molecule has 3 aromatic carbocycles. The molecule has 2 heterocycles. The predicted molar refractivity (Wildman–Crippen MR) is 157 cm³/mol. The number of allylic oxidation sites excluding steroid dienone is 1. The lowest BCUT2D eigenvalue weighted by Gasteiger charge is -2.37. The molecule has 6 rings (SSSR count). The lowest BCUT2D eigenvalue weighted by molar-refractivity contribution is -0.126. The molecule has 1 saturated heterocycles. The number of rotatable bonds is 7. The number of morpholine rings is 1. The van der Waals surface area contributed by atoms with Gasteiger partial charge in [-0.3, -0.25) is 4.79 Å². The molecule has 1 aliphatic carbocycles. The first-order chi connectivity index (χ1) is 19.5. The highest BCUT2D eigenvalue weighted by Gasteiger charge is 2.55. The molecular formula is C32H34N4O4. The molecular weight excluding hydrogens is 504 g/mol. The minimum atomic E-state index is -0.608. The number of nitrogens with two attached hydrogens (primary N) is 1. The number of carbonyl (C=O) groups excluding carboxylic acids is 1. The van der Waals surface area contributed by atoms with Crippen LogP contribution in [0.2, 0.25) is 0 Å². The Morgan fingerprint density at radius 3 is 2.58 bits per heavy atom. The van der Waals surface area contributed by atoms with Crippen molar-refractivity contribution in [2.24, 2.45) is 10.7 Å². The molecule has 0 aromatic heterocycles. The minimum absolute atomic E-state index is 0.0445. The molecule has 206 valence electrons. The molecule has 0 radical (unpaired) electrons. The molecule has 2 aliphatic heterocycles. The molecule has 3 aliphatic rings. The minimum Gasteiger partial charge on any atom is -0.506 e. The lowest BCUT2D eigenvalue weighted by Crippen LogP contribution is -2.44. The van der Waals surface area contributed by atoms with E-state index in [0.29, 0.717) is 31.2 Å². The summed E-state index contributed by atoms with van der Waals surface area (Å²) >= 11 is 0. The van der Waals surface area contributed by atoms with E-state index in [9.17, 15) is 9.90 Å². The Balaban J connectivity index is 1.37. The number of aromatic hydroxyl groups is 1. The van der Waals surface area contributed by atoms with Crippen LogP contribution >= 0.6 is 0 Å². The summed E-state index contributed by atoms with van der Waals surface area (Å²) in [4.78, 5) is 22.8. The topological polar surface area (TPSA) is 101 Å². The van der Waals surface area contributed by atoms with Gasteiger partial charge in [0.15, 0.2) is 0 Å². The van der Waals surface area contributed by atoms with E-state index in [1.54, 1.807) is 24.2 Å². The van der Waals surface area contributed by atoms with Crippen molar-refractivity contribution in [1.82, 2.24) is 0 Å². The zero-order chi connectivity index (χ0) is 27.7. The first kappa shape index (κ1) is 26.0. The largest absolute Gasteiger partial charge is 0.506 e. The van der Waals surface area contributed by atoms with Gasteiger partial charge in [-0.05, 0) is 78.7 Å². The number of nitrogens with zero attached hydrogens (tertiary/aromatic N) is 3. The zero-order valence-corrected chi connectivity index (χ0v) is 22.7. The molecule has 3 aromatic rings. The van der Waals surface area contributed by atoms with Gasteiger partial charge in [0.25, 0.3) is 0 Å². The van der Waals surface area contributed by atoms with Crippen LogP contribution < -0.4 is 20.3 Å². The Labute approximate surface area is 234 Å². The molecule has 0 unspecified atom stereocenters. The number of hydrogen-bond acceptors (Lipinski definition) is 7. The van der Waals surface area contributed by atoms with Crippen molar-refractivity contribution in [2.75, 3.05) is 43.2 Å². The SMILES string of the molecule is COc1ccc(CN2C(=O)C3(CCC3)c3cc(C(C=CN)=Nc4cccc(N5CCOCC5)c4)cc(O)c32)cc1. The number of fused-ring (bicyclic) bond motifs is 2. The van der Waals surface area contributed by atoms with Crippen molar-refractivity contribution in [1.29, 1.82) is 0 Å². The fraction of sp³-hybridized carbons (Fsp3) is 0.312. The van der Waals surface area contributed by atoms with Gasteiger partial charge in [0.2, 0.25) is 5.91 Å². The van der Waals surface area contributed by atoms with Gasteiger partial charge in [0, 0.05) is 24.3 Å². The summed E-state index contributed by atoms with van der Waals surface area (Å²) in [5.74, 6) is 0.872. The van der Waals surface area contributed by atoms with Crippen LogP contribution in [0.4, 0.5) is 17.1 Å². The number of benzene rings is 3. The molecule has 0 atom stereocenters. The maximum atomic E-state index is 13.8. The summed E-state index contributed by atoms with van der Waals surface area (Å²) in [5.41, 5.74) is 10.9. The molecule has 3 N–H and O–H groups in total. The van der Waals surface area contributed by atoms with Crippen LogP contribution in [0.1, 0.15) is 36.0 Å². The third kappa shape index (κ3) is 4.58. The summed E-state index contributed by atoms with van der Waals surface area (Å²) in [6.45, 7) is 3.47. The number of amides is 1. The number of aliphatic imine (C=N–C) groups is 1. The second kappa shape index (κ2) is 10.7. The predicted octanol–water partition coefficient (Wildman–Crippen LogP) is 4.80. The quantitative estimate of drug-likeness (QED) is 0.419. The molecule has 1 spiro atoms. The lowest BCUT2D eigenvalue weighted by atomic mass is 9.65. The van der Waals surface area contributed by atoms with Crippen LogP contribution in [0.15, 0.2) is 77.9 Å². The fourth-order valence-corrected chi connectivity index (χ4v) is 5.98. The number of hydrogen-bond donors (Lipinski definition) is 2. The summed E-state index contributed by atoms with van der Waals surface area (Å²) in [7, 11) is 1.63. The van der Waals surface area contributed by atoms with Crippen molar-refractivity contribution >= 4 is 28.7 Å². The van der Waals surface area contributed by atoms with Crippen molar-refractivity contribution < 1.29 is 19.4 Å². The number of anilines is 2. The number of carbonyl (C=O) groups is 1. The smallest absolute Gasteiger partial charge is 0.238 e. The average molecular weight is 539 g/mol. The van der Waals surface area contributed by atoms with Gasteiger partial charge >= 0.3 is 0 Å². The standard InChI is InChI=1S/C32H34N4O4/c1-39-26-8-6-22(7-9-26)21-36-30-27(32(31(36)38)11-3-12-32)18-23(19-29(30)37)28(10-13-33)34-24-4-2-5-25(20-24)35-14-16-40-17-15-35/h2,4-10,13,18-20,37H,3,11-12,14-17,21,33H2,1H3. The Morgan fingerprint density at radius 2 is 1.90 bits per heavy atom. The molecule has 0 bridgehead atoms. The molecule has 2 fully saturated rings. The highest BCUT2D eigenvalue weighted by Crippen LogP contribution is 2.56. The van der Waals surface area contributed by atoms with Gasteiger partial charge in [-0.15, -0.1) is 0 Å². The van der Waals surface area contributed by atoms with E-state index < -0.39 is 5.41 Å². The third-order valence-electron chi connectivity index (χ3n) is 8.24. The summed E-state index contributed by atoms with van der Waals surface area (Å²) in [6, 6.07) is 19.4. The van der Waals surface area contributed by atoms with E-state index >= 15 is 0 Å². The number of ether oxygens (including phenoxy) is 2. The van der Waals surface area contributed by atoms with E-state index in [1.165, 1.54) is 6.20 Å². The van der Waals surface area contributed by atoms with E-state index in [0.717, 1.165) is 66.2 Å².